The zero-order valence-electron chi connectivity index (χ0n) is 12.5. The van der Waals surface area contributed by atoms with Crippen molar-refractivity contribution in [3.63, 3.8) is 0 Å². The van der Waals surface area contributed by atoms with Crippen LogP contribution in [-0.2, 0) is 9.53 Å². The summed E-state index contributed by atoms with van der Waals surface area (Å²) in [4.78, 5) is 14.2. The van der Waals surface area contributed by atoms with E-state index in [-0.39, 0.29) is 5.91 Å². The summed E-state index contributed by atoms with van der Waals surface area (Å²) in [6.45, 7) is 1.71. The van der Waals surface area contributed by atoms with E-state index in [1.807, 2.05) is 13.0 Å². The quantitative estimate of drug-likeness (QED) is 0.625. The second-order valence-electron chi connectivity index (χ2n) is 5.50. The summed E-state index contributed by atoms with van der Waals surface area (Å²) in [6.07, 6.45) is 0.752. The number of carbonyl (C=O) groups is 1. The van der Waals surface area contributed by atoms with Crippen LogP contribution in [0.3, 0.4) is 0 Å². The molecule has 0 aromatic heterocycles. The lowest BCUT2D eigenvalue weighted by Crippen LogP contribution is -2.78. The topological polar surface area (TPSA) is 79.2 Å². The van der Waals surface area contributed by atoms with Crippen molar-refractivity contribution in [1.82, 2.24) is 0 Å². The van der Waals surface area contributed by atoms with Crippen LogP contribution in [0.15, 0.2) is 35.9 Å². The summed E-state index contributed by atoms with van der Waals surface area (Å²) < 4.78 is 10.8. The molecule has 0 saturated carbocycles. The Hall–Kier alpha value is -1.89. The monoisotopic (exact) mass is 305 g/mol. The molecule has 1 spiro atoms. The maximum absolute atomic E-state index is 12.7. The van der Waals surface area contributed by atoms with Gasteiger partial charge in [0.25, 0.3) is 5.91 Å². The molecule has 2 N–H and O–H groups in total. The number of methoxy groups -OCH3 is 1. The van der Waals surface area contributed by atoms with E-state index < -0.39 is 24.4 Å². The molecule has 0 unspecified atom stereocenters. The first-order chi connectivity index (χ1) is 10.6. The standard InChI is InChI=1S/C16H19NO5/c1-10-7-8-22-16(10)14(13(19)9-18)17(15(16)20)11-3-5-12(21-2)6-4-11/h3-7,13-14,18-19H,8-9H2,1-2H3/t13-,14+,16-/m1/s1. The SMILES string of the molecule is COc1ccc(N2C(=O)[C@]3(OCC=C3C)[C@@H]2[C@H](O)CO)cc1. The summed E-state index contributed by atoms with van der Waals surface area (Å²) in [5, 5.41) is 19.5. The van der Waals surface area contributed by atoms with Crippen LogP contribution in [0.5, 0.6) is 5.75 Å². The average molecular weight is 305 g/mol. The zero-order valence-corrected chi connectivity index (χ0v) is 12.5. The number of aliphatic hydroxyl groups is 2. The van der Waals surface area contributed by atoms with Gasteiger partial charge in [-0.1, -0.05) is 6.08 Å². The molecule has 1 aromatic carbocycles. The fraction of sp³-hybridized carbons (Fsp3) is 0.438. The molecule has 1 fully saturated rings. The first-order valence-corrected chi connectivity index (χ1v) is 7.14. The Morgan fingerprint density at radius 3 is 2.64 bits per heavy atom. The van der Waals surface area contributed by atoms with Gasteiger partial charge in [-0.3, -0.25) is 9.69 Å². The van der Waals surface area contributed by atoms with Crippen LogP contribution < -0.4 is 9.64 Å². The van der Waals surface area contributed by atoms with Gasteiger partial charge in [-0.25, -0.2) is 0 Å². The van der Waals surface area contributed by atoms with Gasteiger partial charge in [0.1, 0.15) is 17.9 Å². The number of aliphatic hydroxyl groups excluding tert-OH is 2. The predicted molar refractivity (Wildman–Crippen MR) is 79.8 cm³/mol. The van der Waals surface area contributed by atoms with Crippen LogP contribution >= 0.6 is 0 Å². The van der Waals surface area contributed by atoms with Gasteiger partial charge in [-0.2, -0.15) is 0 Å². The number of β-lactam (4-membered cyclic amide) rings is 1. The molecule has 1 saturated heterocycles. The van der Waals surface area contributed by atoms with Gasteiger partial charge in [-0.05, 0) is 36.8 Å². The largest absolute Gasteiger partial charge is 0.497 e. The van der Waals surface area contributed by atoms with E-state index in [0.29, 0.717) is 18.0 Å². The molecule has 0 bridgehead atoms. The Balaban J connectivity index is 1.97. The van der Waals surface area contributed by atoms with Gasteiger partial charge in [0, 0.05) is 5.69 Å². The van der Waals surface area contributed by atoms with Crippen LogP contribution in [0.25, 0.3) is 0 Å². The molecular weight excluding hydrogens is 286 g/mol. The Kier molecular flexibility index (Phi) is 3.68. The van der Waals surface area contributed by atoms with E-state index in [4.69, 9.17) is 9.47 Å². The molecule has 6 nitrogen and oxygen atoms in total. The minimum Gasteiger partial charge on any atom is -0.497 e. The van der Waals surface area contributed by atoms with Gasteiger partial charge in [0.05, 0.1) is 20.3 Å². The number of ether oxygens (including phenoxy) is 2. The molecule has 2 aliphatic rings. The fourth-order valence-corrected chi connectivity index (χ4v) is 3.22. The molecule has 2 aliphatic heterocycles. The van der Waals surface area contributed by atoms with E-state index in [1.165, 1.54) is 4.90 Å². The Morgan fingerprint density at radius 1 is 1.45 bits per heavy atom. The molecule has 3 rings (SSSR count). The molecule has 1 amide bonds. The maximum Gasteiger partial charge on any atom is 0.266 e. The second kappa shape index (κ2) is 5.39. The van der Waals surface area contributed by atoms with Crippen molar-refractivity contribution in [3.05, 3.63) is 35.9 Å². The summed E-state index contributed by atoms with van der Waals surface area (Å²) in [5.41, 5.74) is 0.263. The van der Waals surface area contributed by atoms with Crippen molar-refractivity contribution in [1.29, 1.82) is 0 Å². The molecule has 22 heavy (non-hydrogen) atoms. The summed E-state index contributed by atoms with van der Waals surface area (Å²) in [7, 11) is 1.57. The highest BCUT2D eigenvalue weighted by Crippen LogP contribution is 2.47. The van der Waals surface area contributed by atoms with Crippen molar-refractivity contribution >= 4 is 11.6 Å². The first-order valence-electron chi connectivity index (χ1n) is 7.14. The van der Waals surface area contributed by atoms with Crippen molar-refractivity contribution in [2.45, 2.75) is 24.7 Å². The molecule has 0 radical (unpaired) electrons. The molecule has 2 heterocycles. The van der Waals surface area contributed by atoms with Crippen LogP contribution in [0.4, 0.5) is 5.69 Å². The molecule has 118 valence electrons. The van der Waals surface area contributed by atoms with Gasteiger partial charge in [0.2, 0.25) is 0 Å². The van der Waals surface area contributed by atoms with Crippen LogP contribution in [0, 0.1) is 0 Å². The Morgan fingerprint density at radius 2 is 2.14 bits per heavy atom. The predicted octanol–water partition coefficient (Wildman–Crippen LogP) is 0.479. The number of amides is 1. The highest BCUT2D eigenvalue weighted by atomic mass is 16.5. The van der Waals surface area contributed by atoms with Crippen molar-refractivity contribution in [2.24, 2.45) is 0 Å². The maximum atomic E-state index is 12.7. The lowest BCUT2D eigenvalue weighted by Gasteiger charge is -2.55. The highest BCUT2D eigenvalue weighted by molar-refractivity contribution is 6.11. The van der Waals surface area contributed by atoms with Crippen molar-refractivity contribution in [3.8, 4) is 5.75 Å². The molecule has 3 atom stereocenters. The molecular formula is C16H19NO5. The third kappa shape index (κ3) is 1.88. The van der Waals surface area contributed by atoms with E-state index in [1.54, 1.807) is 31.4 Å². The first kappa shape index (κ1) is 15.0. The third-order valence-electron chi connectivity index (χ3n) is 4.42. The number of anilines is 1. The molecule has 6 heteroatoms. The van der Waals surface area contributed by atoms with Gasteiger partial charge in [0.15, 0.2) is 5.60 Å². The van der Waals surface area contributed by atoms with Crippen molar-refractivity contribution in [2.75, 3.05) is 25.2 Å². The van der Waals surface area contributed by atoms with E-state index in [9.17, 15) is 15.0 Å². The van der Waals surface area contributed by atoms with E-state index >= 15 is 0 Å². The number of carbonyl (C=O) groups excluding carboxylic acids is 1. The summed E-state index contributed by atoms with van der Waals surface area (Å²) in [5.74, 6) is 0.459. The third-order valence-corrected chi connectivity index (χ3v) is 4.42. The number of hydrogen-bond donors (Lipinski definition) is 2. The van der Waals surface area contributed by atoms with Crippen LogP contribution in [-0.4, -0.2) is 54.2 Å². The minimum absolute atomic E-state index is 0.221. The lowest BCUT2D eigenvalue weighted by molar-refractivity contribution is -0.160. The van der Waals surface area contributed by atoms with Crippen LogP contribution in [0.2, 0.25) is 0 Å². The molecule has 1 aromatic rings. The normalized spacial score (nSPS) is 28.5. The number of nitrogens with zero attached hydrogens (tertiary/aromatic N) is 1. The lowest BCUT2D eigenvalue weighted by atomic mass is 9.74. The van der Waals surface area contributed by atoms with Gasteiger partial charge < -0.3 is 19.7 Å². The Labute approximate surface area is 128 Å². The highest BCUT2D eigenvalue weighted by Gasteiger charge is 2.66. The second-order valence-corrected chi connectivity index (χ2v) is 5.50. The van der Waals surface area contributed by atoms with Crippen molar-refractivity contribution < 1.29 is 24.5 Å². The van der Waals surface area contributed by atoms with Crippen LogP contribution in [0.1, 0.15) is 6.92 Å². The average Bonchev–Trinajstić information content (AvgIpc) is 2.95. The fourth-order valence-electron chi connectivity index (χ4n) is 3.22. The van der Waals surface area contributed by atoms with E-state index in [0.717, 1.165) is 5.57 Å². The molecule has 0 aliphatic carbocycles. The summed E-state index contributed by atoms with van der Waals surface area (Å²) >= 11 is 0. The zero-order chi connectivity index (χ0) is 15.9. The van der Waals surface area contributed by atoms with Gasteiger partial charge in [-0.15, -0.1) is 0 Å². The number of benzene rings is 1. The smallest absolute Gasteiger partial charge is 0.266 e. The Bertz CT molecular complexity index is 611. The van der Waals surface area contributed by atoms with Gasteiger partial charge >= 0.3 is 0 Å². The van der Waals surface area contributed by atoms with E-state index in [2.05, 4.69) is 0 Å². The minimum atomic E-state index is -1.15. The number of hydrogen-bond acceptors (Lipinski definition) is 5. The number of rotatable bonds is 4. The summed E-state index contributed by atoms with van der Waals surface area (Å²) in [6, 6.07) is 6.34.